The number of hydrogen-bond donors (Lipinski definition) is 1. The van der Waals surface area contributed by atoms with Gasteiger partial charge in [0.25, 0.3) is 5.91 Å². The SMILES string of the molecule is Cc1ccc(CNC(=O)COC(=O)c2cc3c(s2)CCCC3)cc1F. The number of esters is 1. The maximum Gasteiger partial charge on any atom is 0.348 e. The van der Waals surface area contributed by atoms with Crippen molar-refractivity contribution in [1.29, 1.82) is 0 Å². The Hall–Kier alpha value is -2.21. The smallest absolute Gasteiger partial charge is 0.348 e. The van der Waals surface area contributed by atoms with Crippen LogP contribution in [0.4, 0.5) is 4.39 Å². The number of nitrogens with one attached hydrogen (secondary N) is 1. The van der Waals surface area contributed by atoms with Gasteiger partial charge in [0.05, 0.1) is 0 Å². The van der Waals surface area contributed by atoms with E-state index >= 15 is 0 Å². The van der Waals surface area contributed by atoms with Crippen molar-refractivity contribution in [3.05, 3.63) is 56.5 Å². The van der Waals surface area contributed by atoms with E-state index in [2.05, 4.69) is 5.32 Å². The van der Waals surface area contributed by atoms with Crippen LogP contribution in [-0.2, 0) is 28.9 Å². The molecule has 1 heterocycles. The number of carbonyl (C=O) groups excluding carboxylic acids is 2. The van der Waals surface area contributed by atoms with Crippen LogP contribution >= 0.6 is 11.3 Å². The van der Waals surface area contributed by atoms with Gasteiger partial charge in [-0.15, -0.1) is 11.3 Å². The second-order valence-corrected chi connectivity index (χ2v) is 7.34. The van der Waals surface area contributed by atoms with E-state index in [-0.39, 0.29) is 19.0 Å². The molecule has 25 heavy (non-hydrogen) atoms. The normalized spacial score (nSPS) is 13.2. The first kappa shape index (κ1) is 17.6. The number of halogens is 1. The van der Waals surface area contributed by atoms with Crippen molar-refractivity contribution in [3.8, 4) is 0 Å². The highest BCUT2D eigenvalue weighted by Crippen LogP contribution is 2.29. The minimum Gasteiger partial charge on any atom is -0.451 e. The minimum absolute atomic E-state index is 0.195. The molecule has 1 amide bonds. The highest BCUT2D eigenvalue weighted by Gasteiger charge is 2.18. The Morgan fingerprint density at radius 2 is 2.04 bits per heavy atom. The van der Waals surface area contributed by atoms with Crippen LogP contribution in [0.15, 0.2) is 24.3 Å². The zero-order valence-electron chi connectivity index (χ0n) is 14.1. The standard InChI is InChI=1S/C19H20FNO3S/c1-12-6-7-13(8-15(12)20)10-21-18(22)11-24-19(23)17-9-14-4-2-3-5-16(14)25-17/h6-9H,2-5,10-11H2,1H3,(H,21,22). The summed E-state index contributed by atoms with van der Waals surface area (Å²) in [4.78, 5) is 25.7. The third kappa shape index (κ3) is 4.45. The highest BCUT2D eigenvalue weighted by atomic mass is 32.1. The lowest BCUT2D eigenvalue weighted by molar-refractivity contribution is -0.124. The van der Waals surface area contributed by atoms with E-state index < -0.39 is 11.9 Å². The van der Waals surface area contributed by atoms with Gasteiger partial charge < -0.3 is 10.1 Å². The van der Waals surface area contributed by atoms with Crippen molar-refractivity contribution in [2.45, 2.75) is 39.2 Å². The van der Waals surface area contributed by atoms with Gasteiger partial charge in [-0.2, -0.15) is 0 Å². The minimum atomic E-state index is -0.462. The average Bonchev–Trinajstić information content (AvgIpc) is 3.05. The van der Waals surface area contributed by atoms with Crippen molar-refractivity contribution in [2.24, 2.45) is 0 Å². The first-order valence-corrected chi connectivity index (χ1v) is 9.15. The molecule has 132 valence electrons. The molecule has 6 heteroatoms. The van der Waals surface area contributed by atoms with Crippen molar-refractivity contribution in [1.82, 2.24) is 5.32 Å². The molecular weight excluding hydrogens is 341 g/mol. The van der Waals surface area contributed by atoms with E-state index in [1.807, 2.05) is 6.07 Å². The van der Waals surface area contributed by atoms with Crippen molar-refractivity contribution in [3.63, 3.8) is 0 Å². The van der Waals surface area contributed by atoms with Crippen LogP contribution in [0.1, 0.15) is 44.1 Å². The molecule has 1 aromatic carbocycles. The second-order valence-electron chi connectivity index (χ2n) is 6.20. The van der Waals surface area contributed by atoms with E-state index in [0.717, 1.165) is 25.7 Å². The Labute approximate surface area is 150 Å². The Balaban J connectivity index is 1.47. The van der Waals surface area contributed by atoms with Gasteiger partial charge in [0.1, 0.15) is 10.7 Å². The molecule has 0 fully saturated rings. The molecule has 1 aliphatic carbocycles. The molecule has 4 nitrogen and oxygen atoms in total. The van der Waals surface area contributed by atoms with Crippen LogP contribution in [0.25, 0.3) is 0 Å². The lowest BCUT2D eigenvalue weighted by atomic mass is 9.99. The van der Waals surface area contributed by atoms with E-state index in [0.29, 0.717) is 16.0 Å². The monoisotopic (exact) mass is 361 g/mol. The van der Waals surface area contributed by atoms with Gasteiger partial charge in [-0.25, -0.2) is 9.18 Å². The van der Waals surface area contributed by atoms with Gasteiger partial charge >= 0.3 is 5.97 Å². The maximum absolute atomic E-state index is 13.5. The Bertz CT molecular complexity index is 776. The molecule has 0 aliphatic heterocycles. The summed E-state index contributed by atoms with van der Waals surface area (Å²) in [5.74, 6) is -1.17. The number of benzene rings is 1. The molecule has 1 aliphatic rings. The molecule has 0 saturated carbocycles. The number of ether oxygens (including phenoxy) is 1. The average molecular weight is 361 g/mol. The first-order chi connectivity index (χ1) is 12.0. The molecule has 0 spiro atoms. The number of amides is 1. The zero-order valence-corrected chi connectivity index (χ0v) is 14.9. The van der Waals surface area contributed by atoms with Crippen LogP contribution in [0.5, 0.6) is 0 Å². The molecular formula is C19H20FNO3S. The third-order valence-electron chi connectivity index (χ3n) is 4.26. The van der Waals surface area contributed by atoms with E-state index in [1.165, 1.54) is 27.8 Å². The second kappa shape index (κ2) is 7.78. The fraction of sp³-hybridized carbons (Fsp3) is 0.368. The van der Waals surface area contributed by atoms with Gasteiger partial charge in [0, 0.05) is 11.4 Å². The Morgan fingerprint density at radius 1 is 1.24 bits per heavy atom. The molecule has 2 aromatic rings. The highest BCUT2D eigenvalue weighted by molar-refractivity contribution is 7.14. The molecule has 1 aromatic heterocycles. The Morgan fingerprint density at radius 3 is 2.80 bits per heavy atom. The lowest BCUT2D eigenvalue weighted by Crippen LogP contribution is -2.28. The van der Waals surface area contributed by atoms with Crippen LogP contribution in [0.3, 0.4) is 0 Å². The van der Waals surface area contributed by atoms with E-state index in [4.69, 9.17) is 4.74 Å². The fourth-order valence-corrected chi connectivity index (χ4v) is 3.94. The number of aryl methyl sites for hydroxylation is 3. The largest absolute Gasteiger partial charge is 0.451 e. The Kier molecular flexibility index (Phi) is 5.48. The van der Waals surface area contributed by atoms with Crippen LogP contribution in [-0.4, -0.2) is 18.5 Å². The van der Waals surface area contributed by atoms with Gasteiger partial charge in [-0.1, -0.05) is 12.1 Å². The van der Waals surface area contributed by atoms with Gasteiger partial charge in [0.15, 0.2) is 6.61 Å². The van der Waals surface area contributed by atoms with Gasteiger partial charge in [0.2, 0.25) is 0 Å². The summed E-state index contributed by atoms with van der Waals surface area (Å²) in [6, 6.07) is 6.68. The van der Waals surface area contributed by atoms with Crippen LogP contribution in [0.2, 0.25) is 0 Å². The van der Waals surface area contributed by atoms with E-state index in [1.54, 1.807) is 19.1 Å². The van der Waals surface area contributed by atoms with E-state index in [9.17, 15) is 14.0 Å². The number of hydrogen-bond acceptors (Lipinski definition) is 4. The van der Waals surface area contributed by atoms with Crippen LogP contribution < -0.4 is 5.32 Å². The topological polar surface area (TPSA) is 55.4 Å². The van der Waals surface area contributed by atoms with Crippen molar-refractivity contribution < 1.29 is 18.7 Å². The summed E-state index contributed by atoms with van der Waals surface area (Å²) < 4.78 is 18.5. The van der Waals surface area contributed by atoms with Gasteiger partial charge in [-0.3, -0.25) is 4.79 Å². The third-order valence-corrected chi connectivity index (χ3v) is 5.48. The molecule has 0 atom stereocenters. The molecule has 0 radical (unpaired) electrons. The zero-order chi connectivity index (χ0) is 17.8. The summed E-state index contributed by atoms with van der Waals surface area (Å²) in [6.07, 6.45) is 4.33. The predicted octanol–water partition coefficient (Wildman–Crippen LogP) is 3.55. The summed E-state index contributed by atoms with van der Waals surface area (Å²) in [7, 11) is 0. The molecule has 0 saturated heterocycles. The molecule has 1 N–H and O–H groups in total. The summed E-state index contributed by atoms with van der Waals surface area (Å²) in [6.45, 7) is 1.54. The summed E-state index contributed by atoms with van der Waals surface area (Å²) in [5.41, 5.74) is 2.45. The van der Waals surface area contributed by atoms with Crippen LogP contribution in [0, 0.1) is 12.7 Å². The summed E-state index contributed by atoms with van der Waals surface area (Å²) in [5, 5.41) is 2.62. The van der Waals surface area contributed by atoms with Crippen molar-refractivity contribution >= 4 is 23.2 Å². The maximum atomic E-state index is 13.5. The lowest BCUT2D eigenvalue weighted by Gasteiger charge is -2.08. The first-order valence-electron chi connectivity index (χ1n) is 8.33. The molecule has 3 rings (SSSR count). The molecule has 0 bridgehead atoms. The number of thiophene rings is 1. The number of rotatable bonds is 5. The number of carbonyl (C=O) groups is 2. The molecule has 0 unspecified atom stereocenters. The summed E-state index contributed by atoms with van der Waals surface area (Å²) >= 11 is 1.46. The van der Waals surface area contributed by atoms with Gasteiger partial charge in [-0.05, 0) is 61.4 Å². The quantitative estimate of drug-likeness (QED) is 0.829. The number of fused-ring (bicyclic) bond motifs is 1. The predicted molar refractivity (Wildman–Crippen MR) is 94.2 cm³/mol. The van der Waals surface area contributed by atoms with Crippen molar-refractivity contribution in [2.75, 3.05) is 6.61 Å². The fourth-order valence-electron chi connectivity index (χ4n) is 2.79.